The van der Waals surface area contributed by atoms with Crippen LogP contribution in [0.2, 0.25) is 0 Å². The Morgan fingerprint density at radius 3 is 1.35 bits per heavy atom. The van der Waals surface area contributed by atoms with Gasteiger partial charge >= 0.3 is 0 Å². The minimum absolute atomic E-state index is 0.510. The molecule has 0 amide bonds. The highest BCUT2D eigenvalue weighted by molar-refractivity contribution is 6.21. The van der Waals surface area contributed by atoms with Crippen LogP contribution in [0.3, 0.4) is 0 Å². The van der Waals surface area contributed by atoms with E-state index in [2.05, 4.69) is 194 Å². The van der Waals surface area contributed by atoms with E-state index in [-0.39, 0.29) is 0 Å². The number of benzene rings is 8. The van der Waals surface area contributed by atoms with Gasteiger partial charge in [0.05, 0.1) is 11.1 Å². The molecule has 0 bridgehead atoms. The van der Waals surface area contributed by atoms with E-state index in [9.17, 15) is 0 Å². The van der Waals surface area contributed by atoms with Crippen molar-refractivity contribution in [2.24, 2.45) is 0 Å². The fraction of sp³-hybridized carbons (Fsp3) is 0.0200. The van der Waals surface area contributed by atoms with Crippen molar-refractivity contribution in [3.63, 3.8) is 0 Å². The molecule has 10 rings (SSSR count). The number of hydrogen-bond acceptors (Lipinski definition) is 1. The van der Waals surface area contributed by atoms with Crippen LogP contribution in [0.1, 0.15) is 22.3 Å². The molecular weight excluding hydrogens is 615 g/mol. The van der Waals surface area contributed by atoms with E-state index < -0.39 is 5.41 Å². The third-order valence-corrected chi connectivity index (χ3v) is 10.8. The molecule has 1 heterocycles. The first-order valence-corrected chi connectivity index (χ1v) is 17.6. The average molecular weight is 648 g/mol. The van der Waals surface area contributed by atoms with E-state index >= 15 is 0 Å². The van der Waals surface area contributed by atoms with E-state index in [1.54, 1.807) is 0 Å². The number of aromatic nitrogens is 1. The minimum atomic E-state index is -0.510. The fourth-order valence-corrected chi connectivity index (χ4v) is 8.66. The smallest absolute Gasteiger partial charge is 0.0753 e. The molecule has 0 spiro atoms. The molecule has 238 valence electrons. The topological polar surface area (TPSA) is 12.9 Å². The van der Waals surface area contributed by atoms with Gasteiger partial charge in [-0.15, -0.1) is 0 Å². The second kappa shape index (κ2) is 11.8. The number of hydrogen-bond donors (Lipinski definition) is 0. The highest BCUT2D eigenvalue weighted by atomic mass is 14.7. The molecule has 0 saturated heterocycles. The fourth-order valence-electron chi connectivity index (χ4n) is 8.66. The van der Waals surface area contributed by atoms with Crippen molar-refractivity contribution in [2.75, 3.05) is 0 Å². The lowest BCUT2D eigenvalue weighted by molar-refractivity contribution is 0.766. The van der Waals surface area contributed by atoms with Crippen molar-refractivity contribution in [3.8, 4) is 44.6 Å². The van der Waals surface area contributed by atoms with Crippen LogP contribution < -0.4 is 0 Å². The summed E-state index contributed by atoms with van der Waals surface area (Å²) >= 11 is 0. The van der Waals surface area contributed by atoms with Gasteiger partial charge in [0.2, 0.25) is 0 Å². The van der Waals surface area contributed by atoms with Gasteiger partial charge in [-0.1, -0.05) is 182 Å². The maximum absolute atomic E-state index is 5.02. The van der Waals surface area contributed by atoms with Crippen LogP contribution in [0.4, 0.5) is 0 Å². The van der Waals surface area contributed by atoms with Gasteiger partial charge in [-0.25, -0.2) is 0 Å². The molecule has 0 aliphatic heterocycles. The van der Waals surface area contributed by atoms with Crippen molar-refractivity contribution in [1.82, 2.24) is 4.98 Å². The molecule has 8 aromatic carbocycles. The Kier molecular flexibility index (Phi) is 6.79. The van der Waals surface area contributed by atoms with Gasteiger partial charge in [-0.05, 0) is 89.3 Å². The van der Waals surface area contributed by atoms with Crippen LogP contribution in [0.15, 0.2) is 200 Å². The molecule has 0 unspecified atom stereocenters. The standard InChI is InChI=1S/C50H33N/c1-4-15-34(16-5-1)35-26-28-36(29-27-35)47-40-21-10-12-23-42(40)48(43-24-13-11-22-41(43)47)37-30-31-44-46(33-37)50(38-17-6-2-7-18-38,39-19-8-3-9-20-39)45-25-14-32-51-49(44)45/h1-33H. The largest absolute Gasteiger partial charge is 0.256 e. The molecular formula is C50H33N. The second-order valence-corrected chi connectivity index (χ2v) is 13.4. The first-order valence-electron chi connectivity index (χ1n) is 17.6. The van der Waals surface area contributed by atoms with Gasteiger partial charge in [0, 0.05) is 11.8 Å². The molecule has 9 aromatic rings. The Labute approximate surface area is 298 Å². The first-order chi connectivity index (χ1) is 25.3. The normalized spacial score (nSPS) is 12.9. The van der Waals surface area contributed by atoms with Gasteiger partial charge in [0.15, 0.2) is 0 Å². The summed E-state index contributed by atoms with van der Waals surface area (Å²) in [5, 5.41) is 5.00. The van der Waals surface area contributed by atoms with E-state index in [1.807, 2.05) is 6.20 Å². The maximum atomic E-state index is 5.02. The molecule has 1 nitrogen and oxygen atoms in total. The molecule has 0 saturated carbocycles. The second-order valence-electron chi connectivity index (χ2n) is 13.4. The third kappa shape index (κ3) is 4.45. The van der Waals surface area contributed by atoms with Crippen LogP contribution in [0, 0.1) is 0 Å². The third-order valence-electron chi connectivity index (χ3n) is 10.8. The van der Waals surface area contributed by atoms with E-state index in [0.29, 0.717) is 0 Å². The highest BCUT2D eigenvalue weighted by Crippen LogP contribution is 2.56. The number of fused-ring (bicyclic) bond motifs is 5. The lowest BCUT2D eigenvalue weighted by Crippen LogP contribution is -2.28. The molecule has 0 atom stereocenters. The van der Waals surface area contributed by atoms with Crippen molar-refractivity contribution in [2.45, 2.75) is 5.41 Å². The van der Waals surface area contributed by atoms with E-state index in [1.165, 1.54) is 82.7 Å². The zero-order valence-electron chi connectivity index (χ0n) is 28.0. The quantitative estimate of drug-likeness (QED) is 0.169. The van der Waals surface area contributed by atoms with Crippen molar-refractivity contribution < 1.29 is 0 Å². The Bertz CT molecular complexity index is 2620. The van der Waals surface area contributed by atoms with Crippen LogP contribution in [-0.2, 0) is 5.41 Å². The van der Waals surface area contributed by atoms with Crippen LogP contribution in [0.25, 0.3) is 66.2 Å². The molecule has 1 aliphatic rings. The zero-order valence-corrected chi connectivity index (χ0v) is 28.0. The highest BCUT2D eigenvalue weighted by Gasteiger charge is 2.47. The predicted octanol–water partition coefficient (Wildman–Crippen LogP) is 12.8. The van der Waals surface area contributed by atoms with Crippen LogP contribution >= 0.6 is 0 Å². The maximum Gasteiger partial charge on any atom is 0.0753 e. The Morgan fingerprint density at radius 2 is 0.784 bits per heavy atom. The van der Waals surface area contributed by atoms with Crippen molar-refractivity contribution in [1.29, 1.82) is 0 Å². The van der Waals surface area contributed by atoms with E-state index in [4.69, 9.17) is 4.98 Å². The van der Waals surface area contributed by atoms with Gasteiger partial charge in [0.1, 0.15) is 0 Å². The van der Waals surface area contributed by atoms with Gasteiger partial charge < -0.3 is 0 Å². The predicted molar refractivity (Wildman–Crippen MR) is 213 cm³/mol. The summed E-state index contributed by atoms with van der Waals surface area (Å²) in [5.41, 5.74) is 14.1. The Morgan fingerprint density at radius 1 is 0.333 bits per heavy atom. The number of nitrogens with zero attached hydrogens (tertiary/aromatic N) is 1. The zero-order chi connectivity index (χ0) is 33.8. The van der Waals surface area contributed by atoms with Gasteiger partial charge in [0.25, 0.3) is 0 Å². The van der Waals surface area contributed by atoms with Gasteiger partial charge in [-0.2, -0.15) is 0 Å². The first kappa shape index (κ1) is 29.4. The average Bonchev–Trinajstić information content (AvgIpc) is 3.51. The molecule has 1 aliphatic carbocycles. The summed E-state index contributed by atoms with van der Waals surface area (Å²) in [6.45, 7) is 0. The Balaban J connectivity index is 1.25. The van der Waals surface area contributed by atoms with Gasteiger partial charge in [-0.3, -0.25) is 4.98 Å². The monoisotopic (exact) mass is 647 g/mol. The minimum Gasteiger partial charge on any atom is -0.256 e. The molecule has 1 heteroatoms. The summed E-state index contributed by atoms with van der Waals surface area (Å²) in [6, 6.07) is 70.9. The lowest BCUT2D eigenvalue weighted by atomic mass is 9.67. The summed E-state index contributed by atoms with van der Waals surface area (Å²) in [4.78, 5) is 5.02. The number of pyridine rings is 1. The van der Waals surface area contributed by atoms with Crippen molar-refractivity contribution >= 4 is 21.5 Å². The molecule has 0 fully saturated rings. The van der Waals surface area contributed by atoms with Crippen LogP contribution in [0.5, 0.6) is 0 Å². The summed E-state index contributed by atoms with van der Waals surface area (Å²) in [7, 11) is 0. The lowest BCUT2D eigenvalue weighted by Gasteiger charge is -2.33. The van der Waals surface area contributed by atoms with Crippen LogP contribution in [-0.4, -0.2) is 4.98 Å². The molecule has 1 aromatic heterocycles. The molecule has 51 heavy (non-hydrogen) atoms. The summed E-state index contributed by atoms with van der Waals surface area (Å²) in [5.74, 6) is 0. The van der Waals surface area contributed by atoms with E-state index in [0.717, 1.165) is 5.69 Å². The molecule has 0 radical (unpaired) electrons. The molecule has 0 N–H and O–H groups in total. The summed E-state index contributed by atoms with van der Waals surface area (Å²) < 4.78 is 0. The summed E-state index contributed by atoms with van der Waals surface area (Å²) in [6.07, 6.45) is 1.93. The SMILES string of the molecule is c1ccc(-c2ccc(-c3c4ccccc4c(-c4ccc5c(c4)C(c4ccccc4)(c4ccccc4)c4cccnc4-5)c4ccccc34)cc2)cc1. The Hall–Kier alpha value is -6.57. The van der Waals surface area contributed by atoms with Crippen molar-refractivity contribution in [3.05, 3.63) is 223 Å². The number of rotatable bonds is 5.